The third kappa shape index (κ3) is 4.30. The zero-order chi connectivity index (χ0) is 21.7. The monoisotopic (exact) mass is 407 g/mol. The van der Waals surface area contributed by atoms with Gasteiger partial charge in [0.05, 0.1) is 33.1 Å². The molecule has 0 saturated carbocycles. The Morgan fingerprint density at radius 2 is 1.47 bits per heavy atom. The summed E-state index contributed by atoms with van der Waals surface area (Å²) in [6.45, 7) is 4.09. The highest BCUT2D eigenvalue weighted by Crippen LogP contribution is 2.32. The average Bonchev–Trinajstić information content (AvgIpc) is 3.11. The molecule has 0 radical (unpaired) electrons. The fraction of sp³-hybridized carbons (Fsp3) is 0.217. The molecule has 0 saturated heterocycles. The van der Waals surface area contributed by atoms with Crippen molar-refractivity contribution in [2.45, 2.75) is 13.8 Å². The second-order valence-electron chi connectivity index (χ2n) is 6.64. The molecule has 0 bridgehead atoms. The summed E-state index contributed by atoms with van der Waals surface area (Å²) in [6, 6.07) is 14.9. The number of aromatic nitrogens is 1. The molecular formula is C23H25N3O4. The van der Waals surface area contributed by atoms with Crippen LogP contribution in [0.1, 0.15) is 27.3 Å². The second-order valence-corrected chi connectivity index (χ2v) is 6.64. The summed E-state index contributed by atoms with van der Waals surface area (Å²) in [5.41, 5.74) is 6.91. The van der Waals surface area contributed by atoms with E-state index in [4.69, 9.17) is 14.2 Å². The van der Waals surface area contributed by atoms with E-state index in [1.54, 1.807) is 45.6 Å². The molecule has 0 spiro atoms. The smallest absolute Gasteiger partial charge is 0.271 e. The fourth-order valence-corrected chi connectivity index (χ4v) is 3.22. The second kappa shape index (κ2) is 9.17. The molecule has 1 heterocycles. The van der Waals surface area contributed by atoms with Crippen LogP contribution in [0, 0.1) is 13.8 Å². The van der Waals surface area contributed by atoms with Gasteiger partial charge in [-0.25, -0.2) is 5.43 Å². The van der Waals surface area contributed by atoms with E-state index in [1.807, 2.05) is 26.0 Å². The van der Waals surface area contributed by atoms with Crippen LogP contribution in [-0.4, -0.2) is 38.0 Å². The lowest BCUT2D eigenvalue weighted by atomic mass is 10.2. The van der Waals surface area contributed by atoms with E-state index < -0.39 is 0 Å². The quantitative estimate of drug-likeness (QED) is 0.476. The van der Waals surface area contributed by atoms with Gasteiger partial charge in [0.15, 0.2) is 0 Å². The minimum absolute atomic E-state index is 0.315. The van der Waals surface area contributed by atoms with E-state index >= 15 is 0 Å². The number of nitrogens with one attached hydrogen (secondary N) is 1. The Kier molecular flexibility index (Phi) is 6.41. The van der Waals surface area contributed by atoms with Crippen LogP contribution in [0.25, 0.3) is 5.69 Å². The van der Waals surface area contributed by atoms with Crippen molar-refractivity contribution in [2.75, 3.05) is 21.3 Å². The van der Waals surface area contributed by atoms with Gasteiger partial charge in [-0.2, -0.15) is 5.10 Å². The van der Waals surface area contributed by atoms with E-state index in [0.717, 1.165) is 17.1 Å². The molecule has 156 valence electrons. The third-order valence-electron chi connectivity index (χ3n) is 4.77. The van der Waals surface area contributed by atoms with E-state index in [9.17, 15) is 4.79 Å². The Balaban J connectivity index is 1.75. The molecule has 7 heteroatoms. The number of amides is 1. The molecule has 0 fully saturated rings. The van der Waals surface area contributed by atoms with E-state index in [0.29, 0.717) is 28.4 Å². The first-order valence-electron chi connectivity index (χ1n) is 9.37. The van der Waals surface area contributed by atoms with Gasteiger partial charge >= 0.3 is 0 Å². The van der Waals surface area contributed by atoms with Crippen molar-refractivity contribution in [3.05, 3.63) is 71.0 Å². The van der Waals surface area contributed by atoms with Gasteiger partial charge in [-0.15, -0.1) is 0 Å². The zero-order valence-corrected chi connectivity index (χ0v) is 17.7. The van der Waals surface area contributed by atoms with Crippen LogP contribution >= 0.6 is 0 Å². The van der Waals surface area contributed by atoms with Crippen molar-refractivity contribution in [3.63, 3.8) is 0 Å². The minimum Gasteiger partial charge on any atom is -0.496 e. The number of carbonyl (C=O) groups excluding carboxylic acids is 1. The molecule has 7 nitrogen and oxygen atoms in total. The van der Waals surface area contributed by atoms with Gasteiger partial charge < -0.3 is 18.8 Å². The van der Waals surface area contributed by atoms with Crippen LogP contribution in [0.4, 0.5) is 0 Å². The highest BCUT2D eigenvalue weighted by molar-refractivity contribution is 5.95. The summed E-state index contributed by atoms with van der Waals surface area (Å²) in [4.78, 5) is 12.5. The van der Waals surface area contributed by atoms with E-state index in [2.05, 4.69) is 27.2 Å². The van der Waals surface area contributed by atoms with Gasteiger partial charge in [-0.05, 0) is 50.2 Å². The number of benzene rings is 2. The number of methoxy groups -OCH3 is 3. The Morgan fingerprint density at radius 3 is 1.97 bits per heavy atom. The summed E-state index contributed by atoms with van der Waals surface area (Å²) in [7, 11) is 4.64. The first-order valence-corrected chi connectivity index (χ1v) is 9.37. The Morgan fingerprint density at radius 1 is 0.900 bits per heavy atom. The lowest BCUT2D eigenvalue weighted by molar-refractivity contribution is 0.0955. The van der Waals surface area contributed by atoms with Crippen molar-refractivity contribution in [3.8, 4) is 22.9 Å². The van der Waals surface area contributed by atoms with Crippen LogP contribution in [0.5, 0.6) is 17.2 Å². The minimum atomic E-state index is -0.315. The molecule has 0 aliphatic rings. The summed E-state index contributed by atoms with van der Waals surface area (Å²) in [5.74, 6) is 1.32. The van der Waals surface area contributed by atoms with Gasteiger partial charge in [-0.3, -0.25) is 4.79 Å². The van der Waals surface area contributed by atoms with Crippen LogP contribution in [0.3, 0.4) is 0 Å². The summed E-state index contributed by atoms with van der Waals surface area (Å²) in [5, 5.41) is 4.06. The zero-order valence-electron chi connectivity index (χ0n) is 17.7. The largest absolute Gasteiger partial charge is 0.496 e. The predicted molar refractivity (Wildman–Crippen MR) is 116 cm³/mol. The number of ether oxygens (including phenoxy) is 3. The van der Waals surface area contributed by atoms with Gasteiger partial charge in [0.1, 0.15) is 17.2 Å². The number of aryl methyl sites for hydroxylation is 2. The van der Waals surface area contributed by atoms with Crippen LogP contribution in [-0.2, 0) is 0 Å². The first-order chi connectivity index (χ1) is 14.5. The standard InChI is InChI=1S/C23H25N3O4/c1-15-6-7-16(2)26(15)18-10-8-17(9-11-18)23(27)25-24-14-20-21(29-4)12-19(28-3)13-22(20)30-5/h6-14H,1-5H3,(H,25,27)/b24-14+. The van der Waals surface area contributed by atoms with E-state index in [1.165, 1.54) is 6.21 Å². The van der Waals surface area contributed by atoms with Crippen molar-refractivity contribution in [1.82, 2.24) is 9.99 Å². The molecule has 0 aliphatic carbocycles. The van der Waals surface area contributed by atoms with Crippen molar-refractivity contribution in [2.24, 2.45) is 5.10 Å². The van der Waals surface area contributed by atoms with Gasteiger partial charge in [-0.1, -0.05) is 0 Å². The maximum absolute atomic E-state index is 12.5. The molecule has 0 atom stereocenters. The summed E-state index contributed by atoms with van der Waals surface area (Å²) in [6.07, 6.45) is 1.48. The molecule has 1 N–H and O–H groups in total. The topological polar surface area (TPSA) is 74.1 Å². The highest BCUT2D eigenvalue weighted by Gasteiger charge is 2.12. The molecule has 3 aromatic rings. The normalized spacial score (nSPS) is 10.8. The summed E-state index contributed by atoms with van der Waals surface area (Å²) >= 11 is 0. The Labute approximate surface area is 175 Å². The summed E-state index contributed by atoms with van der Waals surface area (Å²) < 4.78 is 18.1. The molecule has 1 amide bonds. The number of rotatable bonds is 7. The number of hydrazone groups is 1. The number of hydrogen-bond acceptors (Lipinski definition) is 5. The molecule has 0 unspecified atom stereocenters. The van der Waals surface area contributed by atoms with Crippen molar-refractivity contribution in [1.29, 1.82) is 0 Å². The van der Waals surface area contributed by atoms with Crippen molar-refractivity contribution < 1.29 is 19.0 Å². The first kappa shape index (κ1) is 21.0. The maximum atomic E-state index is 12.5. The van der Waals surface area contributed by atoms with Gasteiger partial charge in [0, 0.05) is 34.8 Å². The maximum Gasteiger partial charge on any atom is 0.271 e. The molecular weight excluding hydrogens is 382 g/mol. The molecule has 1 aromatic heterocycles. The Bertz CT molecular complexity index is 1020. The molecule has 0 aliphatic heterocycles. The molecule has 3 rings (SSSR count). The highest BCUT2D eigenvalue weighted by atomic mass is 16.5. The van der Waals surface area contributed by atoms with Crippen LogP contribution in [0.2, 0.25) is 0 Å². The van der Waals surface area contributed by atoms with Crippen molar-refractivity contribution >= 4 is 12.1 Å². The van der Waals surface area contributed by atoms with Gasteiger partial charge in [0.25, 0.3) is 5.91 Å². The lowest BCUT2D eigenvalue weighted by Gasteiger charge is -2.12. The average molecular weight is 407 g/mol. The van der Waals surface area contributed by atoms with Crippen LogP contribution < -0.4 is 19.6 Å². The lowest BCUT2D eigenvalue weighted by Crippen LogP contribution is -2.17. The SMILES string of the molecule is COc1cc(OC)c(/C=N/NC(=O)c2ccc(-n3c(C)ccc3C)cc2)c(OC)c1. The predicted octanol–water partition coefficient (Wildman–Crippen LogP) is 3.88. The molecule has 30 heavy (non-hydrogen) atoms. The van der Waals surface area contributed by atoms with Crippen LogP contribution in [0.15, 0.2) is 53.6 Å². The Hall–Kier alpha value is -3.74. The van der Waals surface area contributed by atoms with Gasteiger partial charge in [0.2, 0.25) is 0 Å². The fourth-order valence-electron chi connectivity index (χ4n) is 3.22. The number of nitrogens with zero attached hydrogens (tertiary/aromatic N) is 2. The number of hydrogen-bond donors (Lipinski definition) is 1. The third-order valence-corrected chi connectivity index (χ3v) is 4.77. The molecule has 2 aromatic carbocycles. The number of carbonyl (C=O) groups is 1. The van der Waals surface area contributed by atoms with E-state index in [-0.39, 0.29) is 5.91 Å².